The van der Waals surface area contributed by atoms with E-state index >= 15 is 0 Å². The molecule has 1 N–H and O–H groups in total. The fourth-order valence-corrected chi connectivity index (χ4v) is 2.52. The van der Waals surface area contributed by atoms with E-state index in [1.165, 1.54) is 6.07 Å². The van der Waals surface area contributed by atoms with Gasteiger partial charge in [-0.15, -0.1) is 0 Å². The first-order valence-electron chi connectivity index (χ1n) is 6.89. The summed E-state index contributed by atoms with van der Waals surface area (Å²) >= 11 is 5.77. The summed E-state index contributed by atoms with van der Waals surface area (Å²) in [5.74, 6) is 0.414. The molecule has 0 aliphatic rings. The molecule has 0 radical (unpaired) electrons. The molecule has 0 heterocycles. The SMILES string of the molecule is CCNC(c1ccc(Cl)c(F)c1)c1ccc(OC)cc1C. The van der Waals surface area contributed by atoms with E-state index in [0.717, 1.165) is 29.0 Å². The van der Waals surface area contributed by atoms with E-state index in [9.17, 15) is 4.39 Å². The molecule has 0 aliphatic heterocycles. The first kappa shape index (κ1) is 15.8. The van der Waals surface area contributed by atoms with Gasteiger partial charge in [0.15, 0.2) is 0 Å². The lowest BCUT2D eigenvalue weighted by Gasteiger charge is -2.21. The molecule has 0 spiro atoms. The lowest BCUT2D eigenvalue weighted by atomic mass is 9.94. The lowest BCUT2D eigenvalue weighted by molar-refractivity contribution is 0.414. The van der Waals surface area contributed by atoms with Crippen LogP contribution in [-0.2, 0) is 0 Å². The summed E-state index contributed by atoms with van der Waals surface area (Å²) in [4.78, 5) is 0. The fraction of sp³-hybridized carbons (Fsp3) is 0.294. The lowest BCUT2D eigenvalue weighted by Crippen LogP contribution is -2.23. The van der Waals surface area contributed by atoms with Crippen LogP contribution in [0, 0.1) is 12.7 Å². The van der Waals surface area contributed by atoms with E-state index < -0.39 is 5.82 Å². The van der Waals surface area contributed by atoms with Crippen molar-refractivity contribution in [1.82, 2.24) is 5.32 Å². The Morgan fingerprint density at radius 3 is 2.57 bits per heavy atom. The van der Waals surface area contributed by atoms with E-state index in [1.54, 1.807) is 13.2 Å². The summed E-state index contributed by atoms with van der Waals surface area (Å²) in [6, 6.07) is 10.8. The van der Waals surface area contributed by atoms with Crippen LogP contribution in [0.15, 0.2) is 36.4 Å². The molecule has 21 heavy (non-hydrogen) atoms. The Morgan fingerprint density at radius 1 is 1.24 bits per heavy atom. The van der Waals surface area contributed by atoms with Crippen LogP contribution in [0.5, 0.6) is 5.75 Å². The van der Waals surface area contributed by atoms with Crippen LogP contribution < -0.4 is 10.1 Å². The van der Waals surface area contributed by atoms with Crippen LogP contribution in [0.25, 0.3) is 0 Å². The van der Waals surface area contributed by atoms with Crippen molar-refractivity contribution in [3.05, 3.63) is 63.9 Å². The molecule has 1 atom stereocenters. The summed E-state index contributed by atoms with van der Waals surface area (Å²) in [6.07, 6.45) is 0. The zero-order valence-corrected chi connectivity index (χ0v) is 13.2. The molecule has 0 amide bonds. The van der Waals surface area contributed by atoms with Gasteiger partial charge in [0.05, 0.1) is 18.2 Å². The maximum atomic E-state index is 13.7. The standard InChI is InChI=1S/C17H19ClFNO/c1-4-20-17(12-5-8-15(18)16(19)10-12)14-7-6-13(21-3)9-11(14)2/h5-10,17,20H,4H2,1-3H3. The number of halogens is 2. The van der Waals surface area contributed by atoms with E-state index in [-0.39, 0.29) is 11.1 Å². The second kappa shape index (κ2) is 6.92. The van der Waals surface area contributed by atoms with Gasteiger partial charge in [-0.05, 0) is 54.4 Å². The third-order valence-corrected chi connectivity index (χ3v) is 3.78. The highest BCUT2D eigenvalue weighted by atomic mass is 35.5. The zero-order chi connectivity index (χ0) is 15.4. The number of methoxy groups -OCH3 is 1. The molecule has 0 aliphatic carbocycles. The topological polar surface area (TPSA) is 21.3 Å². The summed E-state index contributed by atoms with van der Waals surface area (Å²) in [5, 5.41) is 3.53. The number of nitrogens with one attached hydrogen (secondary N) is 1. The van der Waals surface area contributed by atoms with E-state index in [4.69, 9.17) is 16.3 Å². The molecule has 1 unspecified atom stereocenters. The van der Waals surface area contributed by atoms with Gasteiger partial charge in [-0.25, -0.2) is 4.39 Å². The van der Waals surface area contributed by atoms with E-state index in [0.29, 0.717) is 0 Å². The predicted molar refractivity (Wildman–Crippen MR) is 84.7 cm³/mol. The van der Waals surface area contributed by atoms with Crippen molar-refractivity contribution < 1.29 is 9.13 Å². The van der Waals surface area contributed by atoms with Crippen LogP contribution in [0.4, 0.5) is 4.39 Å². The molecule has 0 aromatic heterocycles. The van der Waals surface area contributed by atoms with Crippen LogP contribution >= 0.6 is 11.6 Å². The third-order valence-electron chi connectivity index (χ3n) is 3.47. The molecule has 2 aromatic rings. The van der Waals surface area contributed by atoms with Crippen molar-refractivity contribution in [2.75, 3.05) is 13.7 Å². The van der Waals surface area contributed by atoms with Gasteiger partial charge in [0.2, 0.25) is 0 Å². The van der Waals surface area contributed by atoms with Crippen LogP contribution in [0.1, 0.15) is 29.7 Å². The quantitative estimate of drug-likeness (QED) is 0.878. The first-order chi connectivity index (χ1) is 10.1. The van der Waals surface area contributed by atoms with Gasteiger partial charge >= 0.3 is 0 Å². The van der Waals surface area contributed by atoms with Gasteiger partial charge in [0.1, 0.15) is 11.6 Å². The number of rotatable bonds is 5. The molecule has 112 valence electrons. The monoisotopic (exact) mass is 307 g/mol. The van der Waals surface area contributed by atoms with Crippen LogP contribution in [0.2, 0.25) is 5.02 Å². The Bertz CT molecular complexity index is 630. The van der Waals surface area contributed by atoms with Gasteiger partial charge < -0.3 is 10.1 Å². The van der Waals surface area contributed by atoms with Crippen molar-refractivity contribution >= 4 is 11.6 Å². The molecule has 0 fully saturated rings. The molecular weight excluding hydrogens is 289 g/mol. The van der Waals surface area contributed by atoms with E-state index in [1.807, 2.05) is 38.1 Å². The normalized spacial score (nSPS) is 12.2. The maximum Gasteiger partial charge on any atom is 0.142 e. The Balaban J connectivity index is 2.45. The Hall–Kier alpha value is -1.58. The molecule has 2 aromatic carbocycles. The van der Waals surface area contributed by atoms with Crippen molar-refractivity contribution in [3.63, 3.8) is 0 Å². The minimum Gasteiger partial charge on any atom is -0.497 e. The zero-order valence-electron chi connectivity index (χ0n) is 12.4. The molecule has 2 rings (SSSR count). The van der Waals surface area contributed by atoms with Crippen LogP contribution in [-0.4, -0.2) is 13.7 Å². The van der Waals surface area contributed by atoms with Crippen LogP contribution in [0.3, 0.4) is 0 Å². The van der Waals surface area contributed by atoms with Gasteiger partial charge in [-0.3, -0.25) is 0 Å². The molecule has 2 nitrogen and oxygen atoms in total. The second-order valence-corrected chi connectivity index (χ2v) is 5.29. The average molecular weight is 308 g/mol. The smallest absolute Gasteiger partial charge is 0.142 e. The number of aryl methyl sites for hydroxylation is 1. The number of hydrogen-bond donors (Lipinski definition) is 1. The van der Waals surface area contributed by atoms with Crippen molar-refractivity contribution in [1.29, 1.82) is 0 Å². The van der Waals surface area contributed by atoms with Crippen molar-refractivity contribution in [2.45, 2.75) is 19.9 Å². The fourth-order valence-electron chi connectivity index (χ4n) is 2.40. The Labute approximate surface area is 129 Å². The summed E-state index contributed by atoms with van der Waals surface area (Å²) < 4.78 is 19.0. The molecule has 4 heteroatoms. The predicted octanol–water partition coefficient (Wildman–Crippen LogP) is 4.50. The summed E-state index contributed by atoms with van der Waals surface area (Å²) in [7, 11) is 1.64. The highest BCUT2D eigenvalue weighted by Crippen LogP contribution is 2.29. The van der Waals surface area contributed by atoms with Gasteiger partial charge in [0, 0.05) is 0 Å². The average Bonchev–Trinajstić information content (AvgIpc) is 2.48. The van der Waals surface area contributed by atoms with Crippen molar-refractivity contribution in [3.8, 4) is 5.75 Å². The molecule has 0 saturated carbocycles. The summed E-state index contributed by atoms with van der Waals surface area (Å²) in [5.41, 5.74) is 3.04. The molecular formula is C17H19ClFNO. The van der Waals surface area contributed by atoms with E-state index in [2.05, 4.69) is 5.32 Å². The molecule has 0 saturated heterocycles. The third kappa shape index (κ3) is 3.55. The van der Waals surface area contributed by atoms with Gasteiger partial charge in [-0.2, -0.15) is 0 Å². The maximum absolute atomic E-state index is 13.7. The number of ether oxygens (including phenoxy) is 1. The number of hydrogen-bond acceptors (Lipinski definition) is 2. The Morgan fingerprint density at radius 2 is 2.00 bits per heavy atom. The largest absolute Gasteiger partial charge is 0.497 e. The van der Waals surface area contributed by atoms with Crippen molar-refractivity contribution in [2.24, 2.45) is 0 Å². The second-order valence-electron chi connectivity index (χ2n) is 4.89. The van der Waals surface area contributed by atoms with Gasteiger partial charge in [0.25, 0.3) is 0 Å². The highest BCUT2D eigenvalue weighted by Gasteiger charge is 2.17. The van der Waals surface area contributed by atoms with Gasteiger partial charge in [-0.1, -0.05) is 30.7 Å². The first-order valence-corrected chi connectivity index (χ1v) is 7.27. The minimum absolute atomic E-state index is 0.0762. The minimum atomic E-state index is -0.400. The summed E-state index contributed by atoms with van der Waals surface area (Å²) in [6.45, 7) is 4.83. The number of benzene rings is 2. The Kier molecular flexibility index (Phi) is 5.21. The molecule has 0 bridgehead atoms. The highest BCUT2D eigenvalue weighted by molar-refractivity contribution is 6.30.